The number of hydrogen-bond acceptors (Lipinski definition) is 0. The van der Waals surface area contributed by atoms with Gasteiger partial charge < -0.3 is 0 Å². The van der Waals surface area contributed by atoms with Gasteiger partial charge in [-0.05, 0) is 0 Å². The molecule has 0 spiro atoms. The molecule has 0 saturated carbocycles. The van der Waals surface area contributed by atoms with Crippen LogP contribution in [-0.2, 0) is 7.05 Å². The molecule has 4 aromatic rings. The van der Waals surface area contributed by atoms with Crippen LogP contribution < -0.4 is 4.57 Å². The van der Waals surface area contributed by atoms with E-state index in [2.05, 4.69) is 34.5 Å². The van der Waals surface area contributed by atoms with Crippen LogP contribution >= 0.6 is 0 Å². The first-order valence-corrected chi connectivity index (χ1v) is 9.30. The summed E-state index contributed by atoms with van der Waals surface area (Å²) in [5, 5.41) is 2.04. The number of benzene rings is 2. The Hall–Kier alpha value is -2.47. The predicted octanol–water partition coefficient (Wildman–Crippen LogP) is 4.54. The molecule has 2 aromatic heterocycles. The van der Waals surface area contributed by atoms with Crippen molar-refractivity contribution >= 4 is 39.5 Å². The molecule has 116 valence electrons. The number of aryl methyl sites for hydroxylation is 2. The Labute approximate surface area is 145 Å². The van der Waals surface area contributed by atoms with Crippen LogP contribution in [0.15, 0.2) is 48.7 Å². The number of fused-ring (bicyclic) bond motifs is 3. The van der Waals surface area contributed by atoms with Crippen molar-refractivity contribution in [3.05, 3.63) is 71.5 Å². The summed E-state index contributed by atoms with van der Waals surface area (Å²) in [4.78, 5) is 3.30. The minimum absolute atomic E-state index is 0.118. The molecule has 0 aliphatic heterocycles. The summed E-state index contributed by atoms with van der Waals surface area (Å²) in [7, 11) is 2.03. The van der Waals surface area contributed by atoms with Gasteiger partial charge in [0.1, 0.15) is 0 Å². The first-order chi connectivity index (χ1) is 11.6. The van der Waals surface area contributed by atoms with Gasteiger partial charge in [0.05, 0.1) is 0 Å². The molecule has 2 aromatic carbocycles. The molecule has 0 aliphatic rings. The number of nitrogens with zero attached hydrogens (tertiary/aromatic N) is 2. The maximum absolute atomic E-state index is 14.6. The maximum atomic E-state index is 14.6. The first-order valence-electron chi connectivity index (χ1n) is 7.58. The quantitative estimate of drug-likeness (QED) is 0.260. The molecule has 24 heavy (non-hydrogen) atoms. The van der Waals surface area contributed by atoms with E-state index < -0.39 is 0 Å². The minimum atomic E-state index is -0.347. The molecule has 4 rings (SSSR count). The van der Waals surface area contributed by atoms with Gasteiger partial charge in [-0.2, -0.15) is 0 Å². The molecule has 4 heteroatoms. The van der Waals surface area contributed by atoms with Crippen molar-refractivity contribution in [1.29, 1.82) is 0 Å². The van der Waals surface area contributed by atoms with Crippen LogP contribution in [0.2, 0.25) is 0 Å². The van der Waals surface area contributed by atoms with E-state index in [1.165, 1.54) is 15.4 Å². The number of pyridine rings is 1. The molecule has 2 heterocycles. The molecular formula is C20H14FN2Se+. The molecule has 0 atom stereocenters. The van der Waals surface area contributed by atoms with E-state index in [-0.39, 0.29) is 26.0 Å². The van der Waals surface area contributed by atoms with E-state index in [9.17, 15) is 4.39 Å². The van der Waals surface area contributed by atoms with Crippen LogP contribution in [0.4, 0.5) is 10.1 Å². The van der Waals surface area contributed by atoms with Gasteiger partial charge in [0.2, 0.25) is 0 Å². The Balaban J connectivity index is 2.17. The fourth-order valence-corrected chi connectivity index (χ4v) is 5.96. The summed E-state index contributed by atoms with van der Waals surface area (Å²) in [5.41, 5.74) is 3.63. The SMILES string of the molecule is [C-]#[N+]c1ccc2c([se]c3c(-c4cccc[n+]4C)c(C)ccc32)c1F. The second-order valence-electron chi connectivity index (χ2n) is 5.82. The molecular weight excluding hydrogens is 366 g/mol. The topological polar surface area (TPSA) is 8.24 Å². The number of aromatic nitrogens is 1. The van der Waals surface area contributed by atoms with Crippen LogP contribution in [0, 0.1) is 19.3 Å². The van der Waals surface area contributed by atoms with Crippen molar-refractivity contribution in [2.75, 3.05) is 0 Å². The van der Waals surface area contributed by atoms with Gasteiger partial charge in [-0.3, -0.25) is 0 Å². The van der Waals surface area contributed by atoms with E-state index in [0.29, 0.717) is 4.26 Å². The predicted molar refractivity (Wildman–Crippen MR) is 96.0 cm³/mol. The standard InChI is InChI=1S/C20H14FN2Se/c1-12-7-8-13-14-9-10-15(22-2)18(21)20(14)24-19(13)17(12)16-6-4-5-11-23(16)3/h4-11H,1,3H3/q+1. The average molecular weight is 380 g/mol. The second-order valence-corrected chi connectivity index (χ2v) is 7.96. The van der Waals surface area contributed by atoms with Crippen LogP contribution in [0.5, 0.6) is 0 Å². The molecule has 2 nitrogen and oxygen atoms in total. The molecule has 0 N–H and O–H groups in total. The zero-order valence-corrected chi connectivity index (χ0v) is 15.0. The van der Waals surface area contributed by atoms with Crippen molar-refractivity contribution in [3.8, 4) is 11.3 Å². The van der Waals surface area contributed by atoms with E-state index in [0.717, 1.165) is 16.5 Å². The second kappa shape index (κ2) is 5.56. The van der Waals surface area contributed by atoms with Crippen molar-refractivity contribution < 1.29 is 8.96 Å². The zero-order chi connectivity index (χ0) is 16.8. The molecule has 0 fully saturated rings. The van der Waals surface area contributed by atoms with Crippen LogP contribution in [-0.4, -0.2) is 14.5 Å². The Bertz CT molecular complexity index is 1150. The van der Waals surface area contributed by atoms with Gasteiger partial charge in [0, 0.05) is 0 Å². The van der Waals surface area contributed by atoms with Crippen molar-refractivity contribution in [3.63, 3.8) is 0 Å². The fraction of sp³-hybridized carbons (Fsp3) is 0.100. The van der Waals surface area contributed by atoms with E-state index in [4.69, 9.17) is 6.57 Å². The van der Waals surface area contributed by atoms with Gasteiger partial charge in [0.15, 0.2) is 0 Å². The summed E-state index contributed by atoms with van der Waals surface area (Å²) in [6.07, 6.45) is 2.03. The van der Waals surface area contributed by atoms with Crippen molar-refractivity contribution in [2.24, 2.45) is 7.05 Å². The van der Waals surface area contributed by atoms with Gasteiger partial charge in [-0.15, -0.1) is 0 Å². The fourth-order valence-electron chi connectivity index (χ4n) is 3.15. The number of hydrogen-bond donors (Lipinski definition) is 0. The average Bonchev–Trinajstić information content (AvgIpc) is 2.96. The summed E-state index contributed by atoms with van der Waals surface area (Å²) >= 11 is -0.139. The van der Waals surface area contributed by atoms with Crippen molar-refractivity contribution in [2.45, 2.75) is 6.92 Å². The Kier molecular flexibility index (Phi) is 3.49. The van der Waals surface area contributed by atoms with E-state index in [1.807, 2.05) is 31.4 Å². The van der Waals surface area contributed by atoms with Gasteiger partial charge in [-0.1, -0.05) is 0 Å². The molecule has 0 bridgehead atoms. The third-order valence-electron chi connectivity index (χ3n) is 4.37. The first kappa shape index (κ1) is 15.1. The molecule has 0 amide bonds. The summed E-state index contributed by atoms with van der Waals surface area (Å²) in [6.45, 7) is 9.24. The Morgan fingerprint density at radius 3 is 2.54 bits per heavy atom. The van der Waals surface area contributed by atoms with Gasteiger partial charge >= 0.3 is 145 Å². The molecule has 0 aliphatic carbocycles. The van der Waals surface area contributed by atoms with Gasteiger partial charge in [-0.25, -0.2) is 0 Å². The van der Waals surface area contributed by atoms with Crippen LogP contribution in [0.25, 0.3) is 35.4 Å². The molecule has 0 unspecified atom stereocenters. The summed E-state index contributed by atoms with van der Waals surface area (Å²) < 4.78 is 18.7. The molecule has 0 saturated heterocycles. The summed E-state index contributed by atoms with van der Waals surface area (Å²) in [6, 6.07) is 13.8. The normalized spacial score (nSPS) is 11.1. The van der Waals surface area contributed by atoms with Crippen molar-refractivity contribution in [1.82, 2.24) is 0 Å². The van der Waals surface area contributed by atoms with Gasteiger partial charge in [0.25, 0.3) is 0 Å². The van der Waals surface area contributed by atoms with Crippen LogP contribution in [0.1, 0.15) is 5.56 Å². The monoisotopic (exact) mass is 381 g/mol. The Morgan fingerprint density at radius 1 is 1.04 bits per heavy atom. The third-order valence-corrected chi connectivity index (χ3v) is 6.95. The van der Waals surface area contributed by atoms with E-state index in [1.54, 1.807) is 6.07 Å². The molecule has 0 radical (unpaired) electrons. The third kappa shape index (κ3) is 2.10. The number of rotatable bonds is 1. The van der Waals surface area contributed by atoms with E-state index >= 15 is 0 Å². The van der Waals surface area contributed by atoms with Crippen LogP contribution in [0.3, 0.4) is 0 Å². The Morgan fingerprint density at radius 2 is 1.79 bits per heavy atom. The number of halogens is 1. The zero-order valence-electron chi connectivity index (χ0n) is 13.3. The summed E-state index contributed by atoms with van der Waals surface area (Å²) in [5.74, 6) is -0.347.